The molecule has 0 bridgehead atoms. The molecular weight excluding hydrogens is 312 g/mol. The summed E-state index contributed by atoms with van der Waals surface area (Å²) in [6.45, 7) is 4.53. The van der Waals surface area contributed by atoms with Gasteiger partial charge in [0.2, 0.25) is 0 Å². The summed E-state index contributed by atoms with van der Waals surface area (Å²) in [5.74, 6) is -0.0664. The van der Waals surface area contributed by atoms with E-state index < -0.39 is 0 Å². The second kappa shape index (κ2) is 7.83. The van der Waals surface area contributed by atoms with Crippen LogP contribution in [-0.2, 0) is 6.42 Å². The largest absolute Gasteiger partial charge is 0.352 e. The van der Waals surface area contributed by atoms with Crippen molar-refractivity contribution in [3.8, 4) is 0 Å². The first-order chi connectivity index (χ1) is 12.1. The predicted molar refractivity (Wildman–Crippen MR) is 98.5 cm³/mol. The Balaban J connectivity index is 1.52. The second-order valence-electron chi connectivity index (χ2n) is 6.17. The number of nitrogens with one attached hydrogen (secondary N) is 1. The number of carbonyl (C=O) groups is 1. The highest BCUT2D eigenvalue weighted by atomic mass is 16.1. The van der Waals surface area contributed by atoms with Crippen molar-refractivity contribution in [3.05, 3.63) is 65.2 Å². The fourth-order valence-corrected chi connectivity index (χ4v) is 2.68. The van der Waals surface area contributed by atoms with Crippen molar-refractivity contribution in [3.63, 3.8) is 0 Å². The van der Waals surface area contributed by atoms with Gasteiger partial charge in [0.05, 0.1) is 22.4 Å². The van der Waals surface area contributed by atoms with Crippen LogP contribution in [-0.4, -0.2) is 27.4 Å². The third-order valence-corrected chi connectivity index (χ3v) is 4.24. The Labute approximate surface area is 147 Å². The van der Waals surface area contributed by atoms with E-state index in [1.807, 2.05) is 32.2 Å². The maximum absolute atomic E-state index is 12.3. The molecule has 3 aromatic rings. The lowest BCUT2D eigenvalue weighted by Gasteiger charge is -2.07. The van der Waals surface area contributed by atoms with Gasteiger partial charge >= 0.3 is 0 Å². The smallest absolute Gasteiger partial charge is 0.251 e. The van der Waals surface area contributed by atoms with Gasteiger partial charge in [-0.05, 0) is 62.9 Å². The molecule has 1 N–H and O–H groups in total. The molecule has 1 aromatic carbocycles. The summed E-state index contributed by atoms with van der Waals surface area (Å²) in [5, 5.41) is 2.97. The highest BCUT2D eigenvalue weighted by Gasteiger charge is 2.08. The molecule has 0 spiro atoms. The highest BCUT2D eigenvalue weighted by Crippen LogP contribution is 2.14. The lowest BCUT2D eigenvalue weighted by atomic mass is 10.1. The molecular formula is C20H22N4O. The van der Waals surface area contributed by atoms with Crippen LogP contribution in [0.25, 0.3) is 11.0 Å². The Morgan fingerprint density at radius 3 is 2.60 bits per heavy atom. The van der Waals surface area contributed by atoms with Gasteiger partial charge in [0.1, 0.15) is 0 Å². The number of rotatable bonds is 6. The summed E-state index contributed by atoms with van der Waals surface area (Å²) >= 11 is 0. The van der Waals surface area contributed by atoms with Gasteiger partial charge < -0.3 is 5.32 Å². The fourth-order valence-electron chi connectivity index (χ4n) is 2.68. The van der Waals surface area contributed by atoms with Crippen LogP contribution in [0.15, 0.2) is 42.7 Å². The van der Waals surface area contributed by atoms with Crippen molar-refractivity contribution in [1.82, 2.24) is 20.3 Å². The summed E-state index contributed by atoms with van der Waals surface area (Å²) in [5.41, 5.74) is 5.23. The van der Waals surface area contributed by atoms with Crippen LogP contribution in [0, 0.1) is 13.8 Å². The topological polar surface area (TPSA) is 67.8 Å². The minimum absolute atomic E-state index is 0.0664. The maximum atomic E-state index is 12.3. The molecule has 0 radical (unpaired) electrons. The number of hydrogen-bond donors (Lipinski definition) is 1. The third kappa shape index (κ3) is 4.38. The minimum Gasteiger partial charge on any atom is -0.352 e. The zero-order valence-electron chi connectivity index (χ0n) is 14.6. The molecule has 0 aliphatic heterocycles. The molecule has 5 nitrogen and oxygen atoms in total. The van der Waals surface area contributed by atoms with Crippen LogP contribution in [0.3, 0.4) is 0 Å². The average molecular weight is 334 g/mol. The van der Waals surface area contributed by atoms with Crippen molar-refractivity contribution < 1.29 is 4.79 Å². The lowest BCUT2D eigenvalue weighted by molar-refractivity contribution is 0.0953. The number of aryl methyl sites for hydroxylation is 3. The molecule has 0 fully saturated rings. The Morgan fingerprint density at radius 1 is 1.04 bits per heavy atom. The first kappa shape index (κ1) is 17.0. The summed E-state index contributed by atoms with van der Waals surface area (Å²) in [6, 6.07) is 9.48. The first-order valence-corrected chi connectivity index (χ1v) is 8.55. The second-order valence-corrected chi connectivity index (χ2v) is 6.17. The maximum Gasteiger partial charge on any atom is 0.251 e. The Kier molecular flexibility index (Phi) is 5.33. The molecule has 0 saturated carbocycles. The molecule has 3 rings (SSSR count). The molecule has 128 valence electrons. The van der Waals surface area contributed by atoms with Crippen molar-refractivity contribution in [1.29, 1.82) is 0 Å². The molecule has 5 heteroatoms. The van der Waals surface area contributed by atoms with Crippen molar-refractivity contribution in [2.45, 2.75) is 33.1 Å². The third-order valence-electron chi connectivity index (χ3n) is 4.24. The highest BCUT2D eigenvalue weighted by molar-refractivity contribution is 5.97. The van der Waals surface area contributed by atoms with Gasteiger partial charge in [-0.1, -0.05) is 6.07 Å². The molecule has 2 heterocycles. The molecule has 1 amide bonds. The van der Waals surface area contributed by atoms with E-state index in [-0.39, 0.29) is 5.91 Å². The fraction of sp³-hybridized carbons (Fsp3) is 0.300. The number of nitrogens with zero attached hydrogens (tertiary/aromatic N) is 3. The van der Waals surface area contributed by atoms with Crippen LogP contribution in [0.5, 0.6) is 0 Å². The van der Waals surface area contributed by atoms with Gasteiger partial charge in [0.15, 0.2) is 0 Å². The molecule has 0 atom stereocenters. The van der Waals surface area contributed by atoms with Crippen molar-refractivity contribution in [2.24, 2.45) is 0 Å². The summed E-state index contributed by atoms with van der Waals surface area (Å²) < 4.78 is 0. The van der Waals surface area contributed by atoms with Crippen molar-refractivity contribution in [2.75, 3.05) is 6.54 Å². The predicted octanol–water partition coefficient (Wildman–Crippen LogP) is 3.39. The van der Waals surface area contributed by atoms with Gasteiger partial charge in [-0.3, -0.25) is 9.78 Å². The van der Waals surface area contributed by atoms with E-state index in [1.165, 1.54) is 5.56 Å². The normalized spacial score (nSPS) is 10.8. The molecule has 0 aliphatic rings. The van der Waals surface area contributed by atoms with Crippen molar-refractivity contribution >= 4 is 16.9 Å². The SMILES string of the molecule is Cc1nc2ccc(C(=O)NCCCCc3cccnc3)cc2nc1C. The Bertz CT molecular complexity index is 878. The molecule has 0 saturated heterocycles. The Hall–Kier alpha value is -2.82. The van der Waals surface area contributed by atoms with Gasteiger partial charge in [0, 0.05) is 24.5 Å². The van der Waals surface area contributed by atoms with E-state index in [1.54, 1.807) is 18.3 Å². The van der Waals surface area contributed by atoms with E-state index in [4.69, 9.17) is 0 Å². The number of pyridine rings is 1. The first-order valence-electron chi connectivity index (χ1n) is 8.55. The molecule has 2 aromatic heterocycles. The summed E-state index contributed by atoms with van der Waals surface area (Å²) in [6.07, 6.45) is 6.60. The number of aromatic nitrogens is 3. The quantitative estimate of drug-likeness (QED) is 0.702. The summed E-state index contributed by atoms with van der Waals surface area (Å²) in [7, 11) is 0. The number of unbranched alkanes of at least 4 members (excludes halogenated alkanes) is 1. The zero-order chi connectivity index (χ0) is 17.6. The van der Waals surface area contributed by atoms with E-state index in [0.717, 1.165) is 41.7 Å². The number of hydrogen-bond acceptors (Lipinski definition) is 4. The van der Waals surface area contributed by atoms with Gasteiger partial charge in [-0.25, -0.2) is 9.97 Å². The standard InChI is InChI=1S/C20H22N4O/c1-14-15(2)24-19-12-17(8-9-18(19)23-14)20(25)22-11-4-3-6-16-7-5-10-21-13-16/h5,7-10,12-13H,3-4,6,11H2,1-2H3,(H,22,25). The number of fused-ring (bicyclic) bond motifs is 1. The van der Waals surface area contributed by atoms with Crippen LogP contribution in [0.1, 0.15) is 40.2 Å². The molecule has 0 unspecified atom stereocenters. The molecule has 25 heavy (non-hydrogen) atoms. The van der Waals surface area contributed by atoms with E-state index in [9.17, 15) is 4.79 Å². The van der Waals surface area contributed by atoms with E-state index >= 15 is 0 Å². The Morgan fingerprint density at radius 2 is 1.84 bits per heavy atom. The van der Waals surface area contributed by atoms with Crippen LogP contribution in [0.4, 0.5) is 0 Å². The van der Waals surface area contributed by atoms with E-state index in [2.05, 4.69) is 26.3 Å². The van der Waals surface area contributed by atoms with Crippen LogP contribution >= 0.6 is 0 Å². The van der Waals surface area contributed by atoms with E-state index in [0.29, 0.717) is 12.1 Å². The average Bonchev–Trinajstić information content (AvgIpc) is 2.63. The van der Waals surface area contributed by atoms with Gasteiger partial charge in [-0.15, -0.1) is 0 Å². The number of carbonyl (C=O) groups excluding carboxylic acids is 1. The minimum atomic E-state index is -0.0664. The van der Waals surface area contributed by atoms with Gasteiger partial charge in [0.25, 0.3) is 5.91 Å². The van der Waals surface area contributed by atoms with Crippen LogP contribution in [0.2, 0.25) is 0 Å². The monoisotopic (exact) mass is 334 g/mol. The number of amides is 1. The zero-order valence-corrected chi connectivity index (χ0v) is 14.6. The molecule has 0 aliphatic carbocycles. The van der Waals surface area contributed by atoms with Crippen LogP contribution < -0.4 is 5.32 Å². The lowest BCUT2D eigenvalue weighted by Crippen LogP contribution is -2.24. The summed E-state index contributed by atoms with van der Waals surface area (Å²) in [4.78, 5) is 25.4. The number of benzene rings is 1. The van der Waals surface area contributed by atoms with Gasteiger partial charge in [-0.2, -0.15) is 0 Å².